The lowest BCUT2D eigenvalue weighted by Crippen LogP contribution is -2.49. The van der Waals surface area contributed by atoms with Crippen molar-refractivity contribution in [2.24, 2.45) is 0 Å². The van der Waals surface area contributed by atoms with Crippen molar-refractivity contribution in [3.63, 3.8) is 0 Å². The molecule has 0 aliphatic rings. The number of carbonyl (C=O) groups is 2. The predicted molar refractivity (Wildman–Crippen MR) is 131 cm³/mol. The SMILES string of the molecule is CCc1cccc(CC(NC(=O)[C@H](CC(=O)c2ccccc2)c2cccc(Cl)c2)B(O)O)c1. The number of benzene rings is 3. The van der Waals surface area contributed by atoms with Gasteiger partial charge < -0.3 is 15.4 Å². The van der Waals surface area contributed by atoms with E-state index in [0.29, 0.717) is 16.1 Å². The Labute approximate surface area is 199 Å². The van der Waals surface area contributed by atoms with Crippen molar-refractivity contribution in [3.8, 4) is 0 Å². The fourth-order valence-electron chi connectivity index (χ4n) is 3.76. The Balaban J connectivity index is 1.83. The summed E-state index contributed by atoms with van der Waals surface area (Å²) >= 11 is 6.14. The van der Waals surface area contributed by atoms with Crippen molar-refractivity contribution >= 4 is 30.4 Å². The average molecular weight is 464 g/mol. The molecule has 3 aromatic rings. The van der Waals surface area contributed by atoms with Gasteiger partial charge in [0.05, 0.1) is 11.9 Å². The number of nitrogens with one attached hydrogen (secondary N) is 1. The van der Waals surface area contributed by atoms with Gasteiger partial charge in [0.15, 0.2) is 5.78 Å². The Morgan fingerprint density at radius 3 is 2.30 bits per heavy atom. The summed E-state index contributed by atoms with van der Waals surface area (Å²) in [4.78, 5) is 26.2. The van der Waals surface area contributed by atoms with Crippen molar-refractivity contribution in [1.82, 2.24) is 5.32 Å². The van der Waals surface area contributed by atoms with Crippen LogP contribution < -0.4 is 5.32 Å². The molecule has 0 heterocycles. The van der Waals surface area contributed by atoms with E-state index >= 15 is 0 Å². The van der Waals surface area contributed by atoms with Crippen LogP contribution in [0, 0.1) is 0 Å². The number of halogens is 1. The summed E-state index contributed by atoms with van der Waals surface area (Å²) in [5.41, 5.74) is 3.10. The second-order valence-corrected chi connectivity index (χ2v) is 8.44. The quantitative estimate of drug-likeness (QED) is 0.313. The van der Waals surface area contributed by atoms with Crippen LogP contribution in [0.25, 0.3) is 0 Å². The zero-order chi connectivity index (χ0) is 23.8. The smallest absolute Gasteiger partial charge is 0.426 e. The molecule has 0 spiro atoms. The van der Waals surface area contributed by atoms with Gasteiger partial charge in [0.2, 0.25) is 5.91 Å². The minimum absolute atomic E-state index is 0.0737. The molecule has 0 aromatic heterocycles. The summed E-state index contributed by atoms with van der Waals surface area (Å²) in [5.74, 6) is -2.42. The highest BCUT2D eigenvalue weighted by atomic mass is 35.5. The molecule has 3 aromatic carbocycles. The largest absolute Gasteiger partial charge is 0.475 e. The molecule has 170 valence electrons. The van der Waals surface area contributed by atoms with Crippen LogP contribution in [0.2, 0.25) is 5.02 Å². The highest BCUT2D eigenvalue weighted by Crippen LogP contribution is 2.25. The number of Topliss-reactive ketones (excluding diaryl/α,β-unsaturated/α-hetero) is 1. The Morgan fingerprint density at radius 1 is 0.939 bits per heavy atom. The summed E-state index contributed by atoms with van der Waals surface area (Å²) in [7, 11) is -1.76. The van der Waals surface area contributed by atoms with Gasteiger partial charge in [-0.1, -0.05) is 85.3 Å². The molecule has 0 radical (unpaired) electrons. The monoisotopic (exact) mass is 463 g/mol. The van der Waals surface area contributed by atoms with Crippen LogP contribution >= 0.6 is 11.6 Å². The molecule has 5 nitrogen and oxygen atoms in total. The third-order valence-corrected chi connectivity index (χ3v) is 5.83. The van der Waals surface area contributed by atoms with Crippen LogP contribution in [-0.2, 0) is 17.6 Å². The van der Waals surface area contributed by atoms with Crippen LogP contribution in [0.3, 0.4) is 0 Å². The topological polar surface area (TPSA) is 86.6 Å². The van der Waals surface area contributed by atoms with Crippen molar-refractivity contribution < 1.29 is 19.6 Å². The van der Waals surface area contributed by atoms with E-state index in [1.807, 2.05) is 37.3 Å². The first-order chi connectivity index (χ1) is 15.9. The molecule has 0 saturated carbocycles. The van der Waals surface area contributed by atoms with Crippen LogP contribution in [0.4, 0.5) is 0 Å². The van der Waals surface area contributed by atoms with E-state index in [0.717, 1.165) is 17.5 Å². The van der Waals surface area contributed by atoms with Crippen molar-refractivity contribution in [1.29, 1.82) is 0 Å². The summed E-state index contributed by atoms with van der Waals surface area (Å²) in [6, 6.07) is 23.3. The van der Waals surface area contributed by atoms with Gasteiger partial charge in [0.1, 0.15) is 0 Å². The molecule has 0 fully saturated rings. The van der Waals surface area contributed by atoms with Gasteiger partial charge >= 0.3 is 7.12 Å². The van der Waals surface area contributed by atoms with Gasteiger partial charge in [-0.3, -0.25) is 9.59 Å². The van der Waals surface area contributed by atoms with E-state index in [9.17, 15) is 19.6 Å². The average Bonchev–Trinajstić information content (AvgIpc) is 2.82. The normalized spacial score (nSPS) is 12.6. The highest BCUT2D eigenvalue weighted by molar-refractivity contribution is 6.43. The Hall–Kier alpha value is -2.93. The fourth-order valence-corrected chi connectivity index (χ4v) is 3.96. The van der Waals surface area contributed by atoms with E-state index in [2.05, 4.69) is 5.32 Å². The third kappa shape index (κ3) is 7.03. The van der Waals surface area contributed by atoms with Gasteiger partial charge in [-0.15, -0.1) is 0 Å². The Morgan fingerprint density at radius 2 is 1.64 bits per heavy atom. The standard InChI is InChI=1S/C26H27BClNO4/c1-2-18-8-6-9-19(14-18)15-25(27(32)33)29-26(31)23(21-12-7-13-22(28)16-21)17-24(30)20-10-4-3-5-11-20/h3-14,16,23,25,32-33H,2,15,17H2,1H3,(H,29,31)/t23-,25?/m1/s1. The Kier molecular flexibility index (Phi) is 8.83. The lowest BCUT2D eigenvalue weighted by Gasteiger charge is -2.23. The molecule has 0 aliphatic heterocycles. The maximum absolute atomic E-state index is 13.3. The Bertz CT molecular complexity index is 1090. The molecular weight excluding hydrogens is 437 g/mol. The molecule has 0 aliphatic carbocycles. The second-order valence-electron chi connectivity index (χ2n) is 8.01. The zero-order valence-electron chi connectivity index (χ0n) is 18.4. The van der Waals surface area contributed by atoms with Gasteiger partial charge in [-0.2, -0.15) is 0 Å². The van der Waals surface area contributed by atoms with E-state index in [1.165, 1.54) is 0 Å². The molecule has 0 saturated heterocycles. The first-order valence-corrected chi connectivity index (χ1v) is 11.3. The van der Waals surface area contributed by atoms with E-state index in [-0.39, 0.29) is 18.6 Å². The highest BCUT2D eigenvalue weighted by Gasteiger charge is 2.31. The number of carbonyl (C=O) groups excluding carboxylic acids is 2. The first kappa shape index (κ1) is 24.7. The van der Waals surface area contributed by atoms with E-state index < -0.39 is 24.9 Å². The van der Waals surface area contributed by atoms with Gasteiger partial charge in [0.25, 0.3) is 0 Å². The van der Waals surface area contributed by atoms with Crippen molar-refractivity contribution in [2.45, 2.75) is 38.0 Å². The predicted octanol–water partition coefficient (Wildman–Crippen LogP) is 4.00. The van der Waals surface area contributed by atoms with Gasteiger partial charge in [-0.25, -0.2) is 0 Å². The fraction of sp³-hybridized carbons (Fsp3) is 0.231. The summed E-state index contributed by atoms with van der Waals surface area (Å²) in [6.07, 6.45) is 1.02. The van der Waals surface area contributed by atoms with Crippen LogP contribution in [-0.4, -0.2) is 34.8 Å². The molecule has 1 unspecified atom stereocenters. The number of rotatable bonds is 10. The lowest BCUT2D eigenvalue weighted by molar-refractivity contribution is -0.123. The number of ketones is 1. The summed E-state index contributed by atoms with van der Waals surface area (Å²) in [6.45, 7) is 2.04. The van der Waals surface area contributed by atoms with Crippen LogP contribution in [0.5, 0.6) is 0 Å². The van der Waals surface area contributed by atoms with Crippen molar-refractivity contribution in [2.75, 3.05) is 0 Å². The van der Waals surface area contributed by atoms with E-state index in [4.69, 9.17) is 11.6 Å². The molecule has 0 bridgehead atoms. The molecule has 1 amide bonds. The third-order valence-electron chi connectivity index (χ3n) is 5.60. The zero-order valence-corrected chi connectivity index (χ0v) is 19.2. The number of hydrogen-bond acceptors (Lipinski definition) is 4. The number of amides is 1. The number of hydrogen-bond donors (Lipinski definition) is 3. The maximum Gasteiger partial charge on any atom is 0.475 e. The van der Waals surface area contributed by atoms with Crippen LogP contribution in [0.15, 0.2) is 78.9 Å². The minimum Gasteiger partial charge on any atom is -0.426 e. The van der Waals surface area contributed by atoms with E-state index in [1.54, 1.807) is 48.5 Å². The summed E-state index contributed by atoms with van der Waals surface area (Å²) < 4.78 is 0. The molecule has 3 rings (SSSR count). The molecule has 7 heteroatoms. The lowest BCUT2D eigenvalue weighted by atomic mass is 9.75. The molecular formula is C26H27BClNO4. The maximum atomic E-state index is 13.3. The molecule has 3 N–H and O–H groups in total. The van der Waals surface area contributed by atoms with Gasteiger partial charge in [-0.05, 0) is 41.7 Å². The van der Waals surface area contributed by atoms with Gasteiger partial charge in [0, 0.05) is 17.0 Å². The number of aryl methyl sites for hydroxylation is 1. The minimum atomic E-state index is -1.76. The first-order valence-electron chi connectivity index (χ1n) is 11.0. The second kappa shape index (κ2) is 11.8. The van der Waals surface area contributed by atoms with Crippen LogP contribution in [0.1, 0.15) is 46.3 Å². The molecule has 33 heavy (non-hydrogen) atoms. The molecule has 2 atom stereocenters. The summed E-state index contributed by atoms with van der Waals surface area (Å²) in [5, 5.41) is 23.1. The van der Waals surface area contributed by atoms with Crippen molar-refractivity contribution in [3.05, 3.63) is 106 Å².